The zero-order valence-electron chi connectivity index (χ0n) is 10.3. The number of benzene rings is 1. The van der Waals surface area contributed by atoms with Crippen molar-refractivity contribution < 1.29 is 8.42 Å². The maximum Gasteiger partial charge on any atom is 0.243 e. The van der Waals surface area contributed by atoms with Gasteiger partial charge in [0.1, 0.15) is 0 Å². The molecule has 2 aliphatic heterocycles. The Hall–Kier alpha value is -0.290. The Bertz CT molecular complexity index is 576. The van der Waals surface area contributed by atoms with Crippen molar-refractivity contribution in [1.29, 1.82) is 0 Å². The average Bonchev–Trinajstić information content (AvgIpc) is 2.63. The number of alkyl halides is 1. The van der Waals surface area contributed by atoms with Gasteiger partial charge in [-0.1, -0.05) is 17.7 Å². The lowest BCUT2D eigenvalue weighted by Crippen LogP contribution is -2.46. The van der Waals surface area contributed by atoms with E-state index in [0.29, 0.717) is 5.02 Å². The lowest BCUT2D eigenvalue weighted by atomic mass is 10.1. The van der Waals surface area contributed by atoms with Crippen LogP contribution in [0.15, 0.2) is 29.2 Å². The highest BCUT2D eigenvalue weighted by atomic mass is 35.5. The Balaban J connectivity index is 1.98. The van der Waals surface area contributed by atoms with E-state index >= 15 is 0 Å². The number of hydrogen-bond donors (Lipinski definition) is 0. The molecular formula is C13H15Cl2NO2S. The first-order valence-electron chi connectivity index (χ1n) is 6.41. The van der Waals surface area contributed by atoms with Gasteiger partial charge in [-0.3, -0.25) is 0 Å². The Kier molecular flexibility index (Phi) is 3.54. The van der Waals surface area contributed by atoms with Crippen molar-refractivity contribution >= 4 is 33.2 Å². The van der Waals surface area contributed by atoms with Crippen molar-refractivity contribution in [1.82, 2.24) is 4.31 Å². The van der Waals surface area contributed by atoms with Crippen molar-refractivity contribution in [2.75, 3.05) is 0 Å². The van der Waals surface area contributed by atoms with Crippen LogP contribution in [0.4, 0.5) is 0 Å². The van der Waals surface area contributed by atoms with E-state index in [2.05, 4.69) is 0 Å². The maximum atomic E-state index is 12.7. The number of hydrogen-bond acceptors (Lipinski definition) is 2. The molecule has 2 bridgehead atoms. The SMILES string of the molecule is O=S(=O)(c1cccc(Cl)c1)N1C2CCC1CC(Cl)C2. The molecule has 6 heteroatoms. The third-order valence-corrected chi connectivity index (χ3v) is 6.57. The van der Waals surface area contributed by atoms with E-state index in [0.717, 1.165) is 25.7 Å². The highest BCUT2D eigenvalue weighted by Gasteiger charge is 2.46. The summed E-state index contributed by atoms with van der Waals surface area (Å²) in [5, 5.41) is 0.545. The van der Waals surface area contributed by atoms with Crippen LogP contribution in [0.5, 0.6) is 0 Å². The number of rotatable bonds is 2. The van der Waals surface area contributed by atoms with Crippen molar-refractivity contribution in [3.63, 3.8) is 0 Å². The molecule has 0 N–H and O–H groups in total. The molecule has 0 aromatic heterocycles. The lowest BCUT2D eigenvalue weighted by molar-refractivity contribution is 0.251. The summed E-state index contributed by atoms with van der Waals surface area (Å²) in [6.45, 7) is 0. The van der Waals surface area contributed by atoms with Gasteiger partial charge in [-0.05, 0) is 43.9 Å². The van der Waals surface area contributed by atoms with Gasteiger partial charge in [-0.2, -0.15) is 4.31 Å². The number of fused-ring (bicyclic) bond motifs is 2. The number of piperidine rings is 1. The molecule has 3 nitrogen and oxygen atoms in total. The highest BCUT2D eigenvalue weighted by Crippen LogP contribution is 2.41. The molecule has 1 aromatic carbocycles. The van der Waals surface area contributed by atoms with E-state index in [9.17, 15) is 8.42 Å². The maximum absolute atomic E-state index is 12.7. The summed E-state index contributed by atoms with van der Waals surface area (Å²) in [7, 11) is -3.45. The van der Waals surface area contributed by atoms with Gasteiger partial charge in [0.25, 0.3) is 0 Å². The first-order chi connectivity index (χ1) is 8.98. The zero-order valence-corrected chi connectivity index (χ0v) is 12.6. The molecule has 2 unspecified atom stereocenters. The second-order valence-electron chi connectivity index (χ2n) is 5.25. The summed E-state index contributed by atoms with van der Waals surface area (Å²) in [5.41, 5.74) is 0. The Labute approximate surface area is 123 Å². The number of sulfonamides is 1. The van der Waals surface area contributed by atoms with Gasteiger partial charge in [0.15, 0.2) is 0 Å². The molecule has 2 heterocycles. The fourth-order valence-corrected chi connectivity index (χ4v) is 5.81. The molecule has 0 amide bonds. The smallest absolute Gasteiger partial charge is 0.207 e. The summed E-state index contributed by atoms with van der Waals surface area (Å²) in [6, 6.07) is 6.57. The standard InChI is InChI=1S/C13H15Cl2NO2S/c14-9-2-1-3-13(8-9)19(17,18)16-11-4-5-12(16)7-10(15)6-11/h1-3,8,10-12H,4-7H2. The van der Waals surface area contributed by atoms with Crippen molar-refractivity contribution in [3.8, 4) is 0 Å². The van der Waals surface area contributed by atoms with E-state index in [1.807, 2.05) is 0 Å². The molecule has 104 valence electrons. The van der Waals surface area contributed by atoms with Crippen LogP contribution < -0.4 is 0 Å². The minimum Gasteiger partial charge on any atom is -0.207 e. The summed E-state index contributed by atoms with van der Waals surface area (Å²) in [5.74, 6) is 0. The number of nitrogens with zero attached hydrogens (tertiary/aromatic N) is 1. The van der Waals surface area contributed by atoms with Crippen molar-refractivity contribution in [3.05, 3.63) is 29.3 Å². The van der Waals surface area contributed by atoms with Crippen molar-refractivity contribution in [2.45, 2.75) is 48.0 Å². The molecule has 1 aromatic rings. The molecular weight excluding hydrogens is 305 g/mol. The van der Waals surface area contributed by atoms with Crippen LogP contribution in [0.3, 0.4) is 0 Å². The molecule has 0 aliphatic carbocycles. The van der Waals surface area contributed by atoms with E-state index in [1.54, 1.807) is 22.5 Å². The van der Waals surface area contributed by atoms with Crippen molar-refractivity contribution in [2.24, 2.45) is 0 Å². The van der Waals surface area contributed by atoms with E-state index in [-0.39, 0.29) is 22.4 Å². The third kappa shape index (κ3) is 2.40. The largest absolute Gasteiger partial charge is 0.243 e. The van der Waals surface area contributed by atoms with Gasteiger partial charge >= 0.3 is 0 Å². The van der Waals surface area contributed by atoms with Crippen LogP contribution in [0.1, 0.15) is 25.7 Å². The summed E-state index contributed by atoms with van der Waals surface area (Å²) < 4.78 is 27.1. The molecule has 2 fully saturated rings. The molecule has 0 radical (unpaired) electrons. The molecule has 2 saturated heterocycles. The summed E-state index contributed by atoms with van der Waals surface area (Å²) >= 11 is 12.1. The molecule has 2 atom stereocenters. The van der Waals surface area contributed by atoms with E-state index < -0.39 is 10.0 Å². The zero-order chi connectivity index (χ0) is 13.6. The van der Waals surface area contributed by atoms with Crippen LogP contribution >= 0.6 is 23.2 Å². The van der Waals surface area contributed by atoms with Crippen LogP contribution in [0.25, 0.3) is 0 Å². The Morgan fingerprint density at radius 1 is 1.16 bits per heavy atom. The first kappa shape index (κ1) is 13.7. The fraction of sp³-hybridized carbons (Fsp3) is 0.538. The van der Waals surface area contributed by atoms with Gasteiger partial charge in [-0.25, -0.2) is 8.42 Å². The second kappa shape index (κ2) is 4.92. The normalized spacial score (nSPS) is 31.6. The van der Waals surface area contributed by atoms with E-state index in [4.69, 9.17) is 23.2 Å². The van der Waals surface area contributed by atoms with Crippen LogP contribution in [-0.4, -0.2) is 30.2 Å². The van der Waals surface area contributed by atoms with Gasteiger partial charge in [0, 0.05) is 22.5 Å². The van der Waals surface area contributed by atoms with Gasteiger partial charge < -0.3 is 0 Å². The molecule has 3 rings (SSSR count). The molecule has 2 aliphatic rings. The molecule has 19 heavy (non-hydrogen) atoms. The molecule has 0 saturated carbocycles. The minimum atomic E-state index is -3.45. The van der Waals surface area contributed by atoms with Gasteiger partial charge in [0.05, 0.1) is 4.90 Å². The monoisotopic (exact) mass is 319 g/mol. The number of halogens is 2. The van der Waals surface area contributed by atoms with E-state index in [1.165, 1.54) is 6.07 Å². The second-order valence-corrected chi connectivity index (χ2v) is 8.14. The summed E-state index contributed by atoms with van der Waals surface area (Å²) in [6.07, 6.45) is 3.32. The minimum absolute atomic E-state index is 0.0465. The first-order valence-corrected chi connectivity index (χ1v) is 8.67. The van der Waals surface area contributed by atoms with Crippen LogP contribution in [0, 0.1) is 0 Å². The van der Waals surface area contributed by atoms with Crippen LogP contribution in [-0.2, 0) is 10.0 Å². The predicted octanol–water partition coefficient (Wildman–Crippen LogP) is 3.26. The van der Waals surface area contributed by atoms with Crippen LogP contribution in [0.2, 0.25) is 5.02 Å². The average molecular weight is 320 g/mol. The topological polar surface area (TPSA) is 37.4 Å². The third-order valence-electron chi connectivity index (χ3n) is 3.98. The predicted molar refractivity (Wildman–Crippen MR) is 76.2 cm³/mol. The van der Waals surface area contributed by atoms with Gasteiger partial charge in [-0.15, -0.1) is 11.6 Å². The quantitative estimate of drug-likeness (QED) is 0.784. The van der Waals surface area contributed by atoms with Gasteiger partial charge in [0.2, 0.25) is 10.0 Å². The Morgan fingerprint density at radius 2 is 1.79 bits per heavy atom. The molecule has 0 spiro atoms. The lowest BCUT2D eigenvalue weighted by Gasteiger charge is -2.35. The fourth-order valence-electron chi connectivity index (χ4n) is 3.21. The Morgan fingerprint density at radius 3 is 2.37 bits per heavy atom. The summed E-state index contributed by atoms with van der Waals surface area (Å²) in [4.78, 5) is 0.282. The highest BCUT2D eigenvalue weighted by molar-refractivity contribution is 7.89.